The Labute approximate surface area is 116 Å². The van der Waals surface area contributed by atoms with Crippen LogP contribution in [0.1, 0.15) is 53.9 Å². The van der Waals surface area contributed by atoms with Gasteiger partial charge < -0.3 is 14.4 Å². The maximum atomic E-state index is 12.0. The van der Waals surface area contributed by atoms with E-state index in [1.54, 1.807) is 11.8 Å². The second-order valence-electron chi connectivity index (χ2n) is 4.84. The van der Waals surface area contributed by atoms with E-state index in [0.29, 0.717) is 13.2 Å². The summed E-state index contributed by atoms with van der Waals surface area (Å²) in [4.78, 5) is 25.1. The minimum Gasteiger partial charge on any atom is -0.466 e. The van der Waals surface area contributed by atoms with E-state index < -0.39 is 0 Å². The van der Waals surface area contributed by atoms with Gasteiger partial charge in [0, 0.05) is 12.6 Å². The lowest BCUT2D eigenvalue weighted by Crippen LogP contribution is -2.41. The summed E-state index contributed by atoms with van der Waals surface area (Å²) >= 11 is 0. The van der Waals surface area contributed by atoms with Gasteiger partial charge in [-0.3, -0.25) is 4.79 Å². The van der Waals surface area contributed by atoms with Crippen molar-refractivity contribution in [3.05, 3.63) is 0 Å². The molecule has 0 spiro atoms. The van der Waals surface area contributed by atoms with Crippen LogP contribution in [0.3, 0.4) is 0 Å². The first-order chi connectivity index (χ1) is 8.92. The highest BCUT2D eigenvalue weighted by Crippen LogP contribution is 2.10. The van der Waals surface area contributed by atoms with E-state index in [9.17, 15) is 9.59 Å². The molecule has 0 saturated carbocycles. The molecule has 0 aliphatic rings. The van der Waals surface area contributed by atoms with Crippen molar-refractivity contribution in [2.75, 3.05) is 13.2 Å². The van der Waals surface area contributed by atoms with Gasteiger partial charge in [0.1, 0.15) is 0 Å². The third-order valence-electron chi connectivity index (χ3n) is 2.62. The van der Waals surface area contributed by atoms with E-state index in [1.807, 2.05) is 20.8 Å². The van der Waals surface area contributed by atoms with Crippen LogP contribution in [0.25, 0.3) is 0 Å². The molecule has 1 amide bonds. The molecule has 5 nitrogen and oxygen atoms in total. The average molecular weight is 273 g/mol. The van der Waals surface area contributed by atoms with Crippen molar-refractivity contribution in [1.29, 1.82) is 0 Å². The molecule has 0 bridgehead atoms. The molecule has 1 atom stereocenters. The van der Waals surface area contributed by atoms with Gasteiger partial charge >= 0.3 is 12.1 Å². The van der Waals surface area contributed by atoms with Crippen molar-refractivity contribution in [1.82, 2.24) is 4.90 Å². The first kappa shape index (κ1) is 17.7. The first-order valence-corrected chi connectivity index (χ1v) is 7.05. The minimum absolute atomic E-state index is 0.161. The molecule has 0 aromatic carbocycles. The molecule has 1 unspecified atom stereocenters. The Kier molecular flexibility index (Phi) is 9.00. The predicted octanol–water partition coefficient (Wildman–Crippen LogP) is 2.98. The Hall–Kier alpha value is -1.26. The van der Waals surface area contributed by atoms with Gasteiger partial charge in [0.25, 0.3) is 0 Å². The van der Waals surface area contributed by atoms with Gasteiger partial charge in [-0.05, 0) is 34.1 Å². The lowest BCUT2D eigenvalue weighted by Gasteiger charge is -2.28. The van der Waals surface area contributed by atoms with E-state index >= 15 is 0 Å². The van der Waals surface area contributed by atoms with Crippen LogP contribution in [-0.4, -0.2) is 42.3 Å². The molecule has 0 heterocycles. The number of esters is 1. The summed E-state index contributed by atoms with van der Waals surface area (Å²) in [7, 11) is 0. The quantitative estimate of drug-likeness (QED) is 0.638. The molecule has 0 aliphatic carbocycles. The van der Waals surface area contributed by atoms with Gasteiger partial charge in [-0.1, -0.05) is 13.3 Å². The number of rotatable bonds is 8. The van der Waals surface area contributed by atoms with Gasteiger partial charge in [0.2, 0.25) is 0 Å². The van der Waals surface area contributed by atoms with Gasteiger partial charge in [-0.15, -0.1) is 0 Å². The number of unbranched alkanes of at least 4 members (excludes halogenated alkanes) is 1. The third-order valence-corrected chi connectivity index (χ3v) is 2.62. The van der Waals surface area contributed by atoms with Crippen LogP contribution in [0.5, 0.6) is 0 Å². The van der Waals surface area contributed by atoms with E-state index in [0.717, 1.165) is 12.8 Å². The highest BCUT2D eigenvalue weighted by molar-refractivity contribution is 5.72. The number of nitrogens with zero attached hydrogens (tertiary/aromatic N) is 1. The third kappa shape index (κ3) is 7.70. The van der Waals surface area contributed by atoms with Crippen molar-refractivity contribution in [3.63, 3.8) is 0 Å². The number of carbonyl (C=O) groups is 2. The summed E-state index contributed by atoms with van der Waals surface area (Å²) in [5.74, 6) is -0.283. The van der Waals surface area contributed by atoms with Gasteiger partial charge in [0.15, 0.2) is 0 Å². The van der Waals surface area contributed by atoms with Crippen LogP contribution in [0, 0.1) is 0 Å². The fourth-order valence-electron chi connectivity index (χ4n) is 1.66. The minimum atomic E-state index is -0.361. The van der Waals surface area contributed by atoms with Crippen molar-refractivity contribution in [2.24, 2.45) is 0 Å². The van der Waals surface area contributed by atoms with E-state index in [4.69, 9.17) is 9.47 Å². The van der Waals surface area contributed by atoms with Crippen molar-refractivity contribution in [3.8, 4) is 0 Å². The van der Waals surface area contributed by atoms with E-state index in [1.165, 1.54) is 0 Å². The lowest BCUT2D eigenvalue weighted by atomic mass is 10.2. The van der Waals surface area contributed by atoms with E-state index in [-0.39, 0.29) is 30.6 Å². The maximum Gasteiger partial charge on any atom is 0.410 e. The van der Waals surface area contributed by atoms with Crippen LogP contribution < -0.4 is 0 Å². The number of carbonyl (C=O) groups excluding carboxylic acids is 2. The van der Waals surface area contributed by atoms with Gasteiger partial charge in [-0.25, -0.2) is 4.79 Å². The Morgan fingerprint density at radius 2 is 1.79 bits per heavy atom. The molecule has 0 N–H and O–H groups in total. The molecule has 0 aromatic heterocycles. The standard InChI is InChI=1S/C14H27NO4/c1-6-8-9-15(14(17)19-11(3)4)12(5)10-13(16)18-7-2/h11-12H,6-10H2,1-5H3. The van der Waals surface area contributed by atoms with Crippen molar-refractivity contribution < 1.29 is 19.1 Å². The number of ether oxygens (including phenoxy) is 2. The molecule has 19 heavy (non-hydrogen) atoms. The topological polar surface area (TPSA) is 55.8 Å². The lowest BCUT2D eigenvalue weighted by molar-refractivity contribution is -0.144. The monoisotopic (exact) mass is 273 g/mol. The Morgan fingerprint density at radius 3 is 2.26 bits per heavy atom. The van der Waals surface area contributed by atoms with Crippen LogP contribution in [0.4, 0.5) is 4.79 Å². The molecular formula is C14H27NO4. The highest BCUT2D eigenvalue weighted by Gasteiger charge is 2.24. The van der Waals surface area contributed by atoms with Crippen LogP contribution in [-0.2, 0) is 14.3 Å². The SMILES string of the molecule is CCCCN(C(=O)OC(C)C)C(C)CC(=O)OCC. The first-order valence-electron chi connectivity index (χ1n) is 7.05. The summed E-state index contributed by atoms with van der Waals surface area (Å²) in [5, 5.41) is 0. The van der Waals surface area contributed by atoms with Gasteiger partial charge in [-0.2, -0.15) is 0 Å². The second-order valence-corrected chi connectivity index (χ2v) is 4.84. The number of hydrogen-bond donors (Lipinski definition) is 0. The zero-order chi connectivity index (χ0) is 14.8. The summed E-state index contributed by atoms with van der Waals surface area (Å²) in [6, 6.07) is -0.211. The summed E-state index contributed by atoms with van der Waals surface area (Å²) < 4.78 is 10.1. The molecule has 0 aliphatic heterocycles. The zero-order valence-electron chi connectivity index (χ0n) is 12.8. The normalized spacial score (nSPS) is 12.1. The molecule has 0 fully saturated rings. The molecule has 0 saturated heterocycles. The van der Waals surface area contributed by atoms with Crippen LogP contribution >= 0.6 is 0 Å². The summed E-state index contributed by atoms with van der Waals surface area (Å²) in [5.41, 5.74) is 0. The molecule has 0 rings (SSSR count). The molecule has 0 aromatic rings. The maximum absolute atomic E-state index is 12.0. The Balaban J connectivity index is 4.53. The van der Waals surface area contributed by atoms with Crippen molar-refractivity contribution >= 4 is 12.1 Å². The summed E-state index contributed by atoms with van der Waals surface area (Å²) in [6.07, 6.45) is 1.55. The molecule has 5 heteroatoms. The van der Waals surface area contributed by atoms with Crippen LogP contribution in [0.2, 0.25) is 0 Å². The summed E-state index contributed by atoms with van der Waals surface area (Å²) in [6.45, 7) is 10.2. The number of amides is 1. The predicted molar refractivity (Wildman–Crippen MR) is 73.9 cm³/mol. The largest absolute Gasteiger partial charge is 0.466 e. The van der Waals surface area contributed by atoms with E-state index in [2.05, 4.69) is 6.92 Å². The highest BCUT2D eigenvalue weighted by atomic mass is 16.6. The van der Waals surface area contributed by atoms with Crippen LogP contribution in [0.15, 0.2) is 0 Å². The average Bonchev–Trinajstić information content (AvgIpc) is 2.28. The molecule has 0 radical (unpaired) electrons. The smallest absolute Gasteiger partial charge is 0.410 e. The van der Waals surface area contributed by atoms with Gasteiger partial charge in [0.05, 0.1) is 19.1 Å². The molecular weight excluding hydrogens is 246 g/mol. The Morgan fingerprint density at radius 1 is 1.16 bits per heavy atom. The molecule has 112 valence electrons. The fraction of sp³-hybridized carbons (Fsp3) is 0.857. The number of hydrogen-bond acceptors (Lipinski definition) is 4. The fourth-order valence-corrected chi connectivity index (χ4v) is 1.66. The second kappa shape index (κ2) is 9.64. The zero-order valence-corrected chi connectivity index (χ0v) is 12.8. The van der Waals surface area contributed by atoms with Crippen molar-refractivity contribution in [2.45, 2.75) is 66.0 Å². The Bertz CT molecular complexity index is 279.